The van der Waals surface area contributed by atoms with Gasteiger partial charge in [0, 0.05) is 11.6 Å². The molecule has 5 nitrogen and oxygen atoms in total. The van der Waals surface area contributed by atoms with Crippen LogP contribution in [0.5, 0.6) is 5.75 Å². The smallest absolute Gasteiger partial charge is 0.241 e. The summed E-state index contributed by atoms with van der Waals surface area (Å²) < 4.78 is 46.5. The highest BCUT2D eigenvalue weighted by atomic mass is 32.2. The third kappa shape index (κ3) is 3.36. The highest BCUT2D eigenvalue weighted by Gasteiger charge is 2.28. The number of ether oxygens (including phenoxy) is 1. The predicted molar refractivity (Wildman–Crippen MR) is 78.4 cm³/mol. The first-order valence-electron chi connectivity index (χ1n) is 6.93. The van der Waals surface area contributed by atoms with Crippen LogP contribution in [0, 0.1) is 18.7 Å². The van der Waals surface area contributed by atoms with Gasteiger partial charge in [-0.1, -0.05) is 6.92 Å². The molecule has 0 aromatic heterocycles. The summed E-state index contributed by atoms with van der Waals surface area (Å²) in [7, 11) is -2.40. The summed E-state index contributed by atoms with van der Waals surface area (Å²) >= 11 is 0. The lowest BCUT2D eigenvalue weighted by atomic mass is 9.97. The highest BCUT2D eigenvalue weighted by molar-refractivity contribution is 7.89. The van der Waals surface area contributed by atoms with E-state index in [1.165, 1.54) is 26.2 Å². The minimum atomic E-state index is -3.74. The maximum Gasteiger partial charge on any atom is 0.241 e. The molecule has 1 aromatic rings. The first-order chi connectivity index (χ1) is 9.86. The molecule has 0 bridgehead atoms. The number of rotatable bonds is 4. The molecule has 0 aliphatic carbocycles. The van der Waals surface area contributed by atoms with Crippen molar-refractivity contribution in [1.82, 2.24) is 10.0 Å². The van der Waals surface area contributed by atoms with E-state index >= 15 is 0 Å². The van der Waals surface area contributed by atoms with Crippen molar-refractivity contribution >= 4 is 10.0 Å². The van der Waals surface area contributed by atoms with E-state index in [0.29, 0.717) is 0 Å². The minimum absolute atomic E-state index is 0.0356. The molecule has 1 aromatic carbocycles. The molecule has 1 saturated heterocycles. The second kappa shape index (κ2) is 6.29. The van der Waals surface area contributed by atoms with Crippen LogP contribution in [0.15, 0.2) is 17.0 Å². The predicted octanol–water partition coefficient (Wildman–Crippen LogP) is 1.42. The summed E-state index contributed by atoms with van der Waals surface area (Å²) in [6, 6.07) is 2.58. The van der Waals surface area contributed by atoms with Gasteiger partial charge in [0.1, 0.15) is 0 Å². The molecule has 1 fully saturated rings. The second-order valence-electron chi connectivity index (χ2n) is 5.40. The Balaban J connectivity index is 2.29. The third-order valence-corrected chi connectivity index (χ3v) is 5.54. The van der Waals surface area contributed by atoms with Crippen molar-refractivity contribution in [2.75, 3.05) is 20.2 Å². The summed E-state index contributed by atoms with van der Waals surface area (Å²) in [6.45, 7) is 4.97. The Kier molecular flexibility index (Phi) is 4.85. The van der Waals surface area contributed by atoms with Gasteiger partial charge in [-0.3, -0.25) is 0 Å². The van der Waals surface area contributed by atoms with Crippen molar-refractivity contribution in [3.8, 4) is 5.75 Å². The number of halogens is 1. The van der Waals surface area contributed by atoms with Gasteiger partial charge >= 0.3 is 0 Å². The topological polar surface area (TPSA) is 67.4 Å². The maximum absolute atomic E-state index is 14.0. The van der Waals surface area contributed by atoms with Crippen LogP contribution in [0.25, 0.3) is 0 Å². The van der Waals surface area contributed by atoms with Gasteiger partial charge in [-0.2, -0.15) is 0 Å². The molecular formula is C14H21FN2O3S. The van der Waals surface area contributed by atoms with Crippen molar-refractivity contribution in [3.05, 3.63) is 23.5 Å². The van der Waals surface area contributed by atoms with Crippen LogP contribution in [-0.2, 0) is 10.0 Å². The zero-order valence-electron chi connectivity index (χ0n) is 12.4. The summed E-state index contributed by atoms with van der Waals surface area (Å²) in [6.07, 6.45) is 0.720. The van der Waals surface area contributed by atoms with Gasteiger partial charge in [-0.15, -0.1) is 0 Å². The van der Waals surface area contributed by atoms with Crippen molar-refractivity contribution in [3.63, 3.8) is 0 Å². The standard InChI is InChI=1S/C14H21FN2O3S/c1-9-8-16-7-6-11(9)17-21(18,19)13-5-4-12(20-3)14(15)10(13)2/h4-5,9,11,16-17H,6-8H2,1-3H3. The molecule has 7 heteroatoms. The fraction of sp³-hybridized carbons (Fsp3) is 0.571. The maximum atomic E-state index is 14.0. The Labute approximate surface area is 124 Å². The molecule has 0 radical (unpaired) electrons. The van der Waals surface area contributed by atoms with Gasteiger partial charge in [0.2, 0.25) is 10.0 Å². The minimum Gasteiger partial charge on any atom is -0.494 e. The molecule has 2 unspecified atom stereocenters. The molecule has 21 heavy (non-hydrogen) atoms. The first kappa shape index (κ1) is 16.2. The average Bonchev–Trinajstić information content (AvgIpc) is 2.44. The molecule has 1 aliphatic heterocycles. The Hall–Kier alpha value is -1.18. The molecule has 0 spiro atoms. The van der Waals surface area contributed by atoms with Crippen LogP contribution >= 0.6 is 0 Å². The van der Waals surface area contributed by atoms with Crippen LogP contribution in [0.1, 0.15) is 18.9 Å². The largest absolute Gasteiger partial charge is 0.494 e. The Morgan fingerprint density at radius 3 is 2.76 bits per heavy atom. The fourth-order valence-corrected chi connectivity index (χ4v) is 4.16. The van der Waals surface area contributed by atoms with E-state index in [1.807, 2.05) is 6.92 Å². The lowest BCUT2D eigenvalue weighted by Gasteiger charge is -2.30. The summed E-state index contributed by atoms with van der Waals surface area (Å²) in [4.78, 5) is -0.0356. The Morgan fingerprint density at radius 2 is 2.14 bits per heavy atom. The van der Waals surface area contributed by atoms with Crippen LogP contribution in [0.3, 0.4) is 0 Å². The van der Waals surface area contributed by atoms with Crippen molar-refractivity contribution in [2.24, 2.45) is 5.92 Å². The van der Waals surface area contributed by atoms with E-state index < -0.39 is 15.8 Å². The number of methoxy groups -OCH3 is 1. The number of hydrogen-bond acceptors (Lipinski definition) is 4. The molecule has 0 saturated carbocycles. The number of benzene rings is 1. The Bertz CT molecular complexity index is 619. The normalized spacial score (nSPS) is 23.0. The van der Waals surface area contributed by atoms with E-state index in [0.717, 1.165) is 19.5 Å². The molecule has 0 amide bonds. The molecular weight excluding hydrogens is 295 g/mol. The van der Waals surface area contributed by atoms with Gasteiger partial charge in [0.15, 0.2) is 11.6 Å². The Morgan fingerprint density at radius 1 is 1.43 bits per heavy atom. The van der Waals surface area contributed by atoms with Crippen molar-refractivity contribution in [2.45, 2.75) is 31.2 Å². The molecule has 2 N–H and O–H groups in total. The number of piperidine rings is 1. The molecule has 2 atom stereocenters. The fourth-order valence-electron chi connectivity index (χ4n) is 2.54. The molecule has 1 aliphatic rings. The van der Waals surface area contributed by atoms with Crippen LogP contribution in [-0.4, -0.2) is 34.7 Å². The second-order valence-corrected chi connectivity index (χ2v) is 7.09. The van der Waals surface area contributed by atoms with E-state index in [4.69, 9.17) is 4.74 Å². The summed E-state index contributed by atoms with van der Waals surface area (Å²) in [5.41, 5.74) is 0.0726. The monoisotopic (exact) mass is 316 g/mol. The SMILES string of the molecule is COc1ccc(S(=O)(=O)NC2CCNCC2C)c(C)c1F. The number of nitrogens with one attached hydrogen (secondary N) is 2. The first-order valence-corrected chi connectivity index (χ1v) is 8.41. The van der Waals surface area contributed by atoms with Gasteiger partial charge < -0.3 is 10.1 Å². The van der Waals surface area contributed by atoms with E-state index in [2.05, 4.69) is 10.0 Å². The lowest BCUT2D eigenvalue weighted by molar-refractivity contribution is 0.328. The van der Waals surface area contributed by atoms with E-state index in [-0.39, 0.29) is 28.2 Å². The van der Waals surface area contributed by atoms with Gasteiger partial charge in [0.05, 0.1) is 12.0 Å². The lowest BCUT2D eigenvalue weighted by Crippen LogP contribution is -2.48. The van der Waals surface area contributed by atoms with Gasteiger partial charge in [-0.05, 0) is 44.5 Å². The quantitative estimate of drug-likeness (QED) is 0.881. The van der Waals surface area contributed by atoms with Crippen LogP contribution in [0.4, 0.5) is 4.39 Å². The van der Waals surface area contributed by atoms with Crippen LogP contribution in [0.2, 0.25) is 0 Å². The summed E-state index contributed by atoms with van der Waals surface area (Å²) in [5, 5.41) is 3.21. The average molecular weight is 316 g/mol. The van der Waals surface area contributed by atoms with E-state index in [9.17, 15) is 12.8 Å². The van der Waals surface area contributed by atoms with E-state index in [1.54, 1.807) is 0 Å². The highest BCUT2D eigenvalue weighted by Crippen LogP contribution is 2.26. The van der Waals surface area contributed by atoms with Crippen LogP contribution < -0.4 is 14.8 Å². The molecule has 118 valence electrons. The summed E-state index contributed by atoms with van der Waals surface area (Å²) in [5.74, 6) is -0.405. The molecule has 1 heterocycles. The number of sulfonamides is 1. The van der Waals surface area contributed by atoms with Gasteiger partial charge in [0.25, 0.3) is 0 Å². The molecule has 2 rings (SSSR count). The number of hydrogen-bond donors (Lipinski definition) is 2. The van der Waals surface area contributed by atoms with Gasteiger partial charge in [-0.25, -0.2) is 17.5 Å². The van der Waals surface area contributed by atoms with Crippen molar-refractivity contribution < 1.29 is 17.5 Å². The third-order valence-electron chi connectivity index (χ3n) is 3.90. The zero-order valence-corrected chi connectivity index (χ0v) is 13.3. The zero-order chi connectivity index (χ0) is 15.6. The van der Waals surface area contributed by atoms with Crippen molar-refractivity contribution in [1.29, 1.82) is 0 Å².